The molecule has 0 saturated carbocycles. The molecule has 0 heterocycles. The van der Waals surface area contributed by atoms with Crippen LogP contribution >= 0.6 is 15.1 Å². The van der Waals surface area contributed by atoms with Crippen LogP contribution in [-0.4, -0.2) is 37.9 Å². The van der Waals surface area contributed by atoms with Crippen LogP contribution in [0.15, 0.2) is 0 Å². The van der Waals surface area contributed by atoms with Gasteiger partial charge in [-0.2, -0.15) is 0 Å². The molecule has 0 aromatic rings. The van der Waals surface area contributed by atoms with E-state index < -0.39 is 15.1 Å². The molecule has 0 aliphatic rings. The Morgan fingerprint density at radius 2 is 0.587 bits per heavy atom. The van der Waals surface area contributed by atoms with Crippen LogP contribution in [0.4, 0.5) is 0 Å². The van der Waals surface area contributed by atoms with E-state index in [2.05, 4.69) is 36.7 Å². The molecule has 0 amide bonds. The summed E-state index contributed by atoms with van der Waals surface area (Å²) >= 11 is 0. The number of rotatable bonds is 36. The Hall–Kier alpha value is 0.540. The van der Waals surface area contributed by atoms with E-state index in [0.717, 1.165) is 25.7 Å². The molecular weight excluding hydrogens is 606 g/mol. The standard InChI is InChI=1S/C32H68P.C8H19O4P/c1-5-9-13-17-18-19-20-21-22-23-24-28-32-33(29-25-14-10-6-2,30-26-15-11-7-3)31-27-16-12-8-4;1-3-5-7-11-13(9,10)12-8-6-4-2/h5-32H2,1-4H3;3-8H2,1-2H3,(H,9,10)/q+1;/p-1. The molecule has 0 saturated heterocycles. The maximum absolute atomic E-state index is 11.0. The van der Waals surface area contributed by atoms with Gasteiger partial charge in [0.2, 0.25) is 0 Å². The molecule has 0 N–H and O–H groups in total. The Kier molecular flexibility index (Phi) is 40.6. The van der Waals surface area contributed by atoms with Crippen molar-refractivity contribution in [1.29, 1.82) is 0 Å². The van der Waals surface area contributed by atoms with E-state index in [4.69, 9.17) is 0 Å². The van der Waals surface area contributed by atoms with E-state index in [1.165, 1.54) is 128 Å². The summed E-state index contributed by atoms with van der Waals surface area (Å²) in [5.41, 5.74) is 0. The fourth-order valence-corrected chi connectivity index (χ4v) is 12.0. The van der Waals surface area contributed by atoms with Crippen LogP contribution in [0, 0.1) is 0 Å². The molecule has 0 aromatic heterocycles. The molecule has 0 aromatic carbocycles. The third-order valence-corrected chi connectivity index (χ3v) is 15.5. The summed E-state index contributed by atoms with van der Waals surface area (Å²) in [6, 6.07) is 0. The Bertz CT molecular complexity index is 571. The normalized spacial score (nSPS) is 12.0. The molecule has 0 fully saturated rings. The lowest BCUT2D eigenvalue weighted by molar-refractivity contribution is -0.225. The first-order valence-electron chi connectivity index (χ1n) is 20.8. The van der Waals surface area contributed by atoms with E-state index in [1.807, 2.05) is 13.8 Å². The highest BCUT2D eigenvalue weighted by Crippen LogP contribution is 2.61. The molecule has 0 spiro atoms. The minimum atomic E-state index is -4.00. The number of phosphoric ester groups is 1. The fraction of sp³-hybridized carbons (Fsp3) is 1.00. The first-order chi connectivity index (χ1) is 22.4. The molecule has 0 bridgehead atoms. The van der Waals surface area contributed by atoms with E-state index >= 15 is 0 Å². The van der Waals surface area contributed by atoms with Crippen molar-refractivity contribution in [2.45, 2.75) is 221 Å². The van der Waals surface area contributed by atoms with E-state index in [-0.39, 0.29) is 13.2 Å². The average molecular weight is 693 g/mol. The fourth-order valence-electron chi connectivity index (χ4n) is 6.26. The first-order valence-corrected chi connectivity index (χ1v) is 24.8. The zero-order valence-corrected chi connectivity index (χ0v) is 34.4. The Morgan fingerprint density at radius 1 is 0.370 bits per heavy atom. The molecule has 46 heavy (non-hydrogen) atoms. The lowest BCUT2D eigenvalue weighted by atomic mass is 10.1. The number of hydrogen-bond acceptors (Lipinski definition) is 4. The average Bonchev–Trinajstić information content (AvgIpc) is 3.04. The van der Waals surface area contributed by atoms with Crippen LogP contribution in [0.5, 0.6) is 0 Å². The number of unbranched alkanes of at least 4 members (excludes halogenated alkanes) is 22. The van der Waals surface area contributed by atoms with Gasteiger partial charge in [-0.05, 0) is 64.2 Å². The van der Waals surface area contributed by atoms with Crippen molar-refractivity contribution in [1.82, 2.24) is 0 Å². The quantitative estimate of drug-likeness (QED) is 0.0484. The summed E-state index contributed by atoms with van der Waals surface area (Å²) in [6.07, 6.45) is 45.4. The van der Waals surface area contributed by atoms with Crippen molar-refractivity contribution in [3.8, 4) is 0 Å². The Morgan fingerprint density at radius 3 is 0.848 bits per heavy atom. The van der Waals surface area contributed by atoms with Gasteiger partial charge < -0.3 is 13.9 Å². The van der Waals surface area contributed by atoms with Gasteiger partial charge in [0.15, 0.2) is 0 Å². The SMILES string of the molecule is CCCCCCCCCCCCCC[P+](CCCCCC)(CCCCCC)CCCCCC.CCCCOP(=O)([O-])OCCCC. The molecular formula is C40H86O4P2. The third-order valence-electron chi connectivity index (χ3n) is 9.44. The highest BCUT2D eigenvalue weighted by Gasteiger charge is 2.34. The van der Waals surface area contributed by atoms with Crippen LogP contribution in [0.25, 0.3) is 0 Å². The monoisotopic (exact) mass is 693 g/mol. The smallest absolute Gasteiger partial charge is 0.267 e. The van der Waals surface area contributed by atoms with Crippen molar-refractivity contribution in [3.05, 3.63) is 0 Å². The summed E-state index contributed by atoms with van der Waals surface area (Å²) in [6.45, 7) is 13.8. The summed E-state index contributed by atoms with van der Waals surface area (Å²) in [4.78, 5) is 11.0. The van der Waals surface area contributed by atoms with E-state index in [9.17, 15) is 9.46 Å². The van der Waals surface area contributed by atoms with Gasteiger partial charge in [0.25, 0.3) is 7.82 Å². The van der Waals surface area contributed by atoms with E-state index in [1.54, 1.807) is 50.3 Å². The zero-order chi connectivity index (χ0) is 34.5. The molecule has 0 aliphatic carbocycles. The maximum atomic E-state index is 11.0. The molecule has 0 unspecified atom stereocenters. The molecule has 280 valence electrons. The minimum Gasteiger partial charge on any atom is -0.756 e. The van der Waals surface area contributed by atoms with Crippen LogP contribution in [-0.2, 0) is 13.6 Å². The predicted octanol–water partition coefficient (Wildman–Crippen LogP) is 14.5. The van der Waals surface area contributed by atoms with Crippen LogP contribution in [0.3, 0.4) is 0 Å². The maximum Gasteiger partial charge on any atom is 0.267 e. The van der Waals surface area contributed by atoms with Crippen molar-refractivity contribution in [3.63, 3.8) is 0 Å². The van der Waals surface area contributed by atoms with Crippen LogP contribution in [0.2, 0.25) is 0 Å². The summed E-state index contributed by atoms with van der Waals surface area (Å²) < 4.78 is 20.2. The summed E-state index contributed by atoms with van der Waals surface area (Å²) in [5.74, 6) is 0. The van der Waals surface area contributed by atoms with Gasteiger partial charge >= 0.3 is 0 Å². The lowest BCUT2D eigenvalue weighted by Crippen LogP contribution is -2.13. The van der Waals surface area contributed by atoms with Crippen molar-refractivity contribution >= 4 is 15.1 Å². The summed E-state index contributed by atoms with van der Waals surface area (Å²) in [7, 11) is -4.70. The number of hydrogen-bond donors (Lipinski definition) is 0. The van der Waals surface area contributed by atoms with Crippen LogP contribution in [0.1, 0.15) is 221 Å². The highest BCUT2D eigenvalue weighted by molar-refractivity contribution is 7.75. The first kappa shape index (κ1) is 48.7. The molecule has 6 heteroatoms. The van der Waals surface area contributed by atoms with Crippen molar-refractivity contribution in [2.24, 2.45) is 0 Å². The Labute approximate surface area is 292 Å². The van der Waals surface area contributed by atoms with Crippen LogP contribution < -0.4 is 4.89 Å². The van der Waals surface area contributed by atoms with E-state index in [0.29, 0.717) is 0 Å². The van der Waals surface area contributed by atoms with Crippen molar-refractivity contribution in [2.75, 3.05) is 37.9 Å². The number of phosphoric acid groups is 1. The second-order valence-corrected chi connectivity index (χ2v) is 20.0. The molecule has 0 rings (SSSR count). The largest absolute Gasteiger partial charge is 0.756 e. The van der Waals surface area contributed by atoms with Gasteiger partial charge in [0.05, 0.1) is 37.9 Å². The van der Waals surface area contributed by atoms with Gasteiger partial charge in [0, 0.05) is 7.26 Å². The van der Waals surface area contributed by atoms with Gasteiger partial charge in [-0.25, -0.2) is 0 Å². The zero-order valence-electron chi connectivity index (χ0n) is 32.6. The molecule has 0 aliphatic heterocycles. The van der Waals surface area contributed by atoms with Gasteiger partial charge in [-0.1, -0.05) is 157 Å². The molecule has 0 radical (unpaired) electrons. The van der Waals surface area contributed by atoms with Gasteiger partial charge in [-0.15, -0.1) is 0 Å². The summed E-state index contributed by atoms with van der Waals surface area (Å²) in [5, 5.41) is 0. The Balaban J connectivity index is 0. The van der Waals surface area contributed by atoms with Crippen molar-refractivity contribution < 1.29 is 18.5 Å². The highest BCUT2D eigenvalue weighted by atomic mass is 31.2. The minimum absolute atomic E-state index is 0.226. The van der Waals surface area contributed by atoms with Gasteiger partial charge in [0.1, 0.15) is 0 Å². The second kappa shape index (κ2) is 38.3. The third kappa shape index (κ3) is 35.8. The predicted molar refractivity (Wildman–Crippen MR) is 209 cm³/mol. The molecule has 0 atom stereocenters. The van der Waals surface area contributed by atoms with Gasteiger partial charge in [-0.3, -0.25) is 4.57 Å². The second-order valence-electron chi connectivity index (χ2n) is 14.1. The topological polar surface area (TPSA) is 58.6 Å². The lowest BCUT2D eigenvalue weighted by Gasteiger charge is -2.28. The molecule has 4 nitrogen and oxygen atoms in total.